The van der Waals surface area contributed by atoms with E-state index >= 15 is 0 Å². The zero-order chi connectivity index (χ0) is 12.6. The number of amides is 1. The van der Waals surface area contributed by atoms with Gasteiger partial charge in [-0.1, -0.05) is 53.0 Å². The molecule has 1 heterocycles. The molecule has 1 aliphatic rings. The number of hydrogen-bond donors (Lipinski definition) is 1. The zero-order valence-electron chi connectivity index (χ0n) is 8.61. The summed E-state index contributed by atoms with van der Waals surface area (Å²) in [6.07, 6.45) is -0.581. The average Bonchev–Trinajstić information content (AvgIpc) is 2.60. The van der Waals surface area contributed by atoms with Crippen LogP contribution in [0.25, 0.3) is 0 Å². The number of hydrazine groups is 1. The van der Waals surface area contributed by atoms with E-state index in [-0.39, 0.29) is 0 Å². The Morgan fingerprint density at radius 2 is 2.00 bits per heavy atom. The summed E-state index contributed by atoms with van der Waals surface area (Å²) in [7, 11) is 0. The number of benzene rings is 1. The molecule has 1 aliphatic heterocycles. The van der Waals surface area contributed by atoms with Gasteiger partial charge < -0.3 is 5.11 Å². The van der Waals surface area contributed by atoms with E-state index in [1.807, 2.05) is 18.2 Å². The maximum atomic E-state index is 11.2. The molecule has 4 nitrogen and oxygen atoms in total. The maximum Gasteiger partial charge on any atom is 0.430 e. The van der Waals surface area contributed by atoms with Crippen molar-refractivity contribution in [2.75, 3.05) is 11.6 Å². The van der Waals surface area contributed by atoms with E-state index in [9.17, 15) is 4.79 Å². The molecule has 0 atom stereocenters. The van der Waals surface area contributed by atoms with E-state index in [0.717, 1.165) is 17.7 Å². The molecule has 2 rings (SSSR count). The first-order valence-corrected chi connectivity index (χ1v) is 6.00. The van der Waals surface area contributed by atoms with Crippen molar-refractivity contribution in [2.45, 2.75) is 10.3 Å². The Balaban J connectivity index is 2.38. The van der Waals surface area contributed by atoms with E-state index in [4.69, 9.17) is 39.9 Å². The van der Waals surface area contributed by atoms with Gasteiger partial charge in [-0.15, -0.1) is 0 Å². The molecule has 0 aromatic heterocycles. The summed E-state index contributed by atoms with van der Waals surface area (Å²) in [4.78, 5) is 11.2. The number of para-hydroxylation sites is 1. The molecule has 0 fully saturated rings. The lowest BCUT2D eigenvalue weighted by Crippen LogP contribution is -2.52. The molecule has 0 saturated carbocycles. The molecular formula is C10H9Cl3N2O2. The smallest absolute Gasteiger partial charge is 0.430 e. The summed E-state index contributed by atoms with van der Waals surface area (Å²) >= 11 is 17.0. The Kier molecular flexibility index (Phi) is 3.30. The molecule has 1 N–H and O–H groups in total. The van der Waals surface area contributed by atoms with Crippen LogP contribution in [0.4, 0.5) is 10.5 Å². The topological polar surface area (TPSA) is 43.8 Å². The van der Waals surface area contributed by atoms with Crippen molar-refractivity contribution in [2.24, 2.45) is 0 Å². The molecule has 7 heteroatoms. The first-order valence-electron chi connectivity index (χ1n) is 4.86. The highest BCUT2D eigenvalue weighted by atomic mass is 35.6. The predicted octanol–water partition coefficient (Wildman–Crippen LogP) is 3.27. The lowest BCUT2D eigenvalue weighted by molar-refractivity contribution is 0.139. The first-order chi connectivity index (χ1) is 7.91. The Morgan fingerprint density at radius 1 is 1.35 bits per heavy atom. The number of anilines is 1. The van der Waals surface area contributed by atoms with Gasteiger partial charge in [0.25, 0.3) is 3.92 Å². The van der Waals surface area contributed by atoms with Gasteiger partial charge in [0.2, 0.25) is 0 Å². The lowest BCUT2D eigenvalue weighted by atomic mass is 10.2. The Hall–Kier alpha value is -0.840. The Bertz CT molecular complexity index is 447. The Labute approximate surface area is 113 Å². The number of halogens is 3. The number of hydrogen-bond acceptors (Lipinski definition) is 2. The second-order valence-corrected chi connectivity index (χ2v) is 5.79. The summed E-state index contributed by atoms with van der Waals surface area (Å²) in [5.41, 5.74) is 1.79. The van der Waals surface area contributed by atoms with Crippen molar-refractivity contribution in [3.63, 3.8) is 0 Å². The molecule has 92 valence electrons. The Morgan fingerprint density at radius 3 is 2.59 bits per heavy atom. The number of nitrogens with zero attached hydrogens (tertiary/aromatic N) is 2. The van der Waals surface area contributed by atoms with Crippen molar-refractivity contribution >= 4 is 46.6 Å². The van der Waals surface area contributed by atoms with Gasteiger partial charge in [0.1, 0.15) is 0 Å². The summed E-state index contributed by atoms with van der Waals surface area (Å²) in [5, 5.41) is 11.3. The van der Waals surface area contributed by atoms with Crippen molar-refractivity contribution in [1.29, 1.82) is 0 Å². The van der Waals surface area contributed by atoms with Crippen LogP contribution in [0.1, 0.15) is 5.56 Å². The third-order valence-electron chi connectivity index (χ3n) is 2.53. The van der Waals surface area contributed by atoms with Gasteiger partial charge in [0, 0.05) is 6.54 Å². The summed E-state index contributed by atoms with van der Waals surface area (Å²) in [6.45, 7) is 0.472. The van der Waals surface area contributed by atoms with E-state index in [1.165, 1.54) is 5.01 Å². The van der Waals surface area contributed by atoms with Gasteiger partial charge in [-0.2, -0.15) is 5.01 Å². The fraction of sp³-hybridized carbons (Fsp3) is 0.300. The zero-order valence-corrected chi connectivity index (χ0v) is 10.9. The number of carboxylic acid groups (broad SMARTS) is 1. The molecule has 0 spiro atoms. The first kappa shape index (κ1) is 12.6. The SMILES string of the molecule is O=C(O)N(N1CCc2ccccc21)C(Cl)(Cl)Cl. The lowest BCUT2D eigenvalue weighted by Gasteiger charge is -2.35. The molecule has 0 saturated heterocycles. The van der Waals surface area contributed by atoms with Crippen molar-refractivity contribution < 1.29 is 9.90 Å². The molecule has 0 unspecified atom stereocenters. The van der Waals surface area contributed by atoms with Crippen LogP contribution < -0.4 is 5.01 Å². The summed E-state index contributed by atoms with van der Waals surface area (Å²) in [5.74, 6) is 0. The van der Waals surface area contributed by atoms with Crippen LogP contribution in [-0.4, -0.2) is 26.7 Å². The van der Waals surface area contributed by atoms with E-state index in [1.54, 1.807) is 6.07 Å². The molecule has 17 heavy (non-hydrogen) atoms. The summed E-state index contributed by atoms with van der Waals surface area (Å²) < 4.78 is -2.02. The minimum Gasteiger partial charge on any atom is -0.464 e. The van der Waals surface area contributed by atoms with Gasteiger partial charge in [-0.25, -0.2) is 4.79 Å². The van der Waals surface area contributed by atoms with E-state index in [2.05, 4.69) is 0 Å². The molecule has 1 amide bonds. The molecule has 0 radical (unpaired) electrons. The highest BCUT2D eigenvalue weighted by Gasteiger charge is 2.41. The van der Waals surface area contributed by atoms with Gasteiger partial charge in [0.15, 0.2) is 0 Å². The molecule has 1 aromatic carbocycles. The maximum absolute atomic E-state index is 11.2. The molecular weight excluding hydrogens is 286 g/mol. The van der Waals surface area contributed by atoms with Gasteiger partial charge >= 0.3 is 6.09 Å². The van der Waals surface area contributed by atoms with Gasteiger partial charge in [-0.3, -0.25) is 5.01 Å². The second-order valence-electron chi connectivity index (χ2n) is 3.56. The number of fused-ring (bicyclic) bond motifs is 1. The van der Waals surface area contributed by atoms with Crippen molar-refractivity contribution in [3.8, 4) is 0 Å². The third kappa shape index (κ3) is 2.39. The average molecular weight is 296 g/mol. The molecule has 0 bridgehead atoms. The normalized spacial score (nSPS) is 14.6. The molecule has 1 aromatic rings. The van der Waals surface area contributed by atoms with Crippen molar-refractivity contribution in [3.05, 3.63) is 29.8 Å². The standard InChI is InChI=1S/C10H9Cl3N2O2/c11-10(12,13)15(9(16)17)14-6-5-7-3-1-2-4-8(7)14/h1-4H,5-6H2,(H,16,17). The van der Waals surface area contributed by atoms with Gasteiger partial charge in [0.05, 0.1) is 5.69 Å². The van der Waals surface area contributed by atoms with E-state index < -0.39 is 10.0 Å². The molecule has 0 aliphatic carbocycles. The second kappa shape index (κ2) is 4.44. The van der Waals surface area contributed by atoms with Crippen LogP contribution in [0.2, 0.25) is 0 Å². The highest BCUT2D eigenvalue weighted by molar-refractivity contribution is 6.67. The van der Waals surface area contributed by atoms with Crippen LogP contribution >= 0.6 is 34.8 Å². The van der Waals surface area contributed by atoms with E-state index in [0.29, 0.717) is 11.6 Å². The predicted molar refractivity (Wildman–Crippen MR) is 67.6 cm³/mol. The number of alkyl halides is 3. The van der Waals surface area contributed by atoms with Crippen LogP contribution in [-0.2, 0) is 6.42 Å². The quantitative estimate of drug-likeness (QED) is 0.639. The minimum atomic E-state index is -2.02. The fourth-order valence-electron chi connectivity index (χ4n) is 1.88. The summed E-state index contributed by atoms with van der Waals surface area (Å²) in [6, 6.07) is 7.43. The number of rotatable bonds is 1. The number of carbonyl (C=O) groups is 1. The minimum absolute atomic E-state index is 0.472. The van der Waals surface area contributed by atoms with Crippen LogP contribution in [0.5, 0.6) is 0 Å². The van der Waals surface area contributed by atoms with Crippen LogP contribution in [0.15, 0.2) is 24.3 Å². The van der Waals surface area contributed by atoms with Crippen LogP contribution in [0, 0.1) is 0 Å². The third-order valence-corrected chi connectivity index (χ3v) is 3.01. The largest absolute Gasteiger partial charge is 0.464 e. The van der Waals surface area contributed by atoms with Crippen molar-refractivity contribution in [1.82, 2.24) is 5.01 Å². The van der Waals surface area contributed by atoms with Gasteiger partial charge in [-0.05, 0) is 18.1 Å². The fourth-order valence-corrected chi connectivity index (χ4v) is 2.37. The highest BCUT2D eigenvalue weighted by Crippen LogP contribution is 2.38. The monoisotopic (exact) mass is 294 g/mol. The van der Waals surface area contributed by atoms with Crippen LogP contribution in [0.3, 0.4) is 0 Å².